The van der Waals surface area contributed by atoms with E-state index in [-0.39, 0.29) is 0 Å². The highest BCUT2D eigenvalue weighted by Gasteiger charge is 2.13. The topological polar surface area (TPSA) is 37.8 Å². The van der Waals surface area contributed by atoms with Crippen molar-refractivity contribution in [1.29, 1.82) is 0 Å². The van der Waals surface area contributed by atoms with Crippen LogP contribution in [-0.2, 0) is 13.0 Å². The molecule has 0 saturated heterocycles. The molecular formula is C8H10IN3. The highest BCUT2D eigenvalue weighted by Crippen LogP contribution is 2.15. The van der Waals surface area contributed by atoms with Gasteiger partial charge in [0.05, 0.1) is 5.69 Å². The summed E-state index contributed by atoms with van der Waals surface area (Å²) in [5.74, 6) is 0. The van der Waals surface area contributed by atoms with Crippen LogP contribution in [0.4, 0.5) is 0 Å². The molecule has 0 radical (unpaired) electrons. The zero-order chi connectivity index (χ0) is 8.55. The maximum atomic E-state index is 4.41. The summed E-state index contributed by atoms with van der Waals surface area (Å²) in [4.78, 5) is 8.73. The third kappa shape index (κ3) is 1.45. The summed E-state index contributed by atoms with van der Waals surface area (Å²) < 4.78 is 0.866. The van der Waals surface area contributed by atoms with E-state index >= 15 is 0 Å². The van der Waals surface area contributed by atoms with Gasteiger partial charge in [0.2, 0.25) is 0 Å². The van der Waals surface area contributed by atoms with Crippen molar-refractivity contribution >= 4 is 22.6 Å². The normalized spacial score (nSPS) is 15.8. The van der Waals surface area contributed by atoms with Crippen LogP contribution in [0.3, 0.4) is 0 Å². The molecular weight excluding hydrogens is 265 g/mol. The Balaban J connectivity index is 2.53. The predicted molar refractivity (Wildman–Crippen MR) is 54.9 cm³/mol. The van der Waals surface area contributed by atoms with Gasteiger partial charge in [-0.3, -0.25) is 0 Å². The van der Waals surface area contributed by atoms with Crippen molar-refractivity contribution in [2.75, 3.05) is 6.54 Å². The fourth-order valence-electron chi connectivity index (χ4n) is 1.48. The number of hydrogen-bond acceptors (Lipinski definition) is 3. The van der Waals surface area contributed by atoms with Crippen LogP contribution in [0.1, 0.15) is 17.0 Å². The van der Waals surface area contributed by atoms with E-state index in [2.05, 4.69) is 44.8 Å². The SMILES string of the molecule is Cc1nc(I)nc2c1CNCC2. The Morgan fingerprint density at radius 2 is 2.25 bits per heavy atom. The lowest BCUT2D eigenvalue weighted by Crippen LogP contribution is -2.26. The second-order valence-corrected chi connectivity index (χ2v) is 3.89. The Kier molecular flexibility index (Phi) is 2.27. The summed E-state index contributed by atoms with van der Waals surface area (Å²) in [6, 6.07) is 0. The van der Waals surface area contributed by atoms with Crippen LogP contribution in [0.2, 0.25) is 0 Å². The van der Waals surface area contributed by atoms with Gasteiger partial charge >= 0.3 is 0 Å². The van der Waals surface area contributed by atoms with Gasteiger partial charge in [-0.1, -0.05) is 0 Å². The summed E-state index contributed by atoms with van der Waals surface area (Å²) in [6.45, 7) is 4.02. The molecule has 12 heavy (non-hydrogen) atoms. The van der Waals surface area contributed by atoms with Crippen molar-refractivity contribution in [1.82, 2.24) is 15.3 Å². The molecule has 2 rings (SSSR count). The molecule has 1 aliphatic heterocycles. The Morgan fingerprint density at radius 1 is 1.42 bits per heavy atom. The Morgan fingerprint density at radius 3 is 3.08 bits per heavy atom. The Labute approximate surface area is 85.1 Å². The second-order valence-electron chi connectivity index (χ2n) is 2.93. The van der Waals surface area contributed by atoms with Gasteiger partial charge in [-0.05, 0) is 6.92 Å². The van der Waals surface area contributed by atoms with Gasteiger partial charge in [0.25, 0.3) is 0 Å². The number of aromatic nitrogens is 2. The van der Waals surface area contributed by atoms with E-state index in [4.69, 9.17) is 0 Å². The molecule has 1 N–H and O–H groups in total. The molecule has 1 aromatic rings. The third-order valence-corrected chi connectivity index (χ3v) is 2.60. The number of hydrogen-bond donors (Lipinski definition) is 1. The van der Waals surface area contributed by atoms with E-state index in [1.165, 1.54) is 11.3 Å². The molecule has 64 valence electrons. The van der Waals surface area contributed by atoms with Crippen LogP contribution >= 0.6 is 22.6 Å². The number of fused-ring (bicyclic) bond motifs is 1. The van der Waals surface area contributed by atoms with Gasteiger partial charge in [0, 0.05) is 53.4 Å². The molecule has 1 aliphatic rings. The maximum Gasteiger partial charge on any atom is 0.191 e. The summed E-state index contributed by atoms with van der Waals surface area (Å²) in [5, 5.41) is 3.32. The minimum absolute atomic E-state index is 0.866. The molecule has 0 spiro atoms. The lowest BCUT2D eigenvalue weighted by atomic mass is 10.1. The van der Waals surface area contributed by atoms with E-state index in [9.17, 15) is 0 Å². The van der Waals surface area contributed by atoms with Crippen LogP contribution in [0, 0.1) is 10.8 Å². The van der Waals surface area contributed by atoms with Gasteiger partial charge in [-0.2, -0.15) is 0 Å². The van der Waals surface area contributed by atoms with E-state index in [0.717, 1.165) is 29.0 Å². The van der Waals surface area contributed by atoms with Gasteiger partial charge in [0.15, 0.2) is 3.83 Å². The summed E-state index contributed by atoms with van der Waals surface area (Å²) in [5.41, 5.74) is 3.64. The molecule has 4 heteroatoms. The van der Waals surface area contributed by atoms with Crippen molar-refractivity contribution in [3.63, 3.8) is 0 Å². The van der Waals surface area contributed by atoms with E-state index < -0.39 is 0 Å². The number of nitrogens with zero attached hydrogens (tertiary/aromatic N) is 2. The molecule has 0 unspecified atom stereocenters. The third-order valence-electron chi connectivity index (χ3n) is 2.11. The smallest absolute Gasteiger partial charge is 0.191 e. The highest BCUT2D eigenvalue weighted by molar-refractivity contribution is 14.1. The molecule has 0 amide bonds. The van der Waals surface area contributed by atoms with Crippen LogP contribution in [-0.4, -0.2) is 16.5 Å². The quantitative estimate of drug-likeness (QED) is 0.568. The molecule has 0 saturated carbocycles. The van der Waals surface area contributed by atoms with Crippen molar-refractivity contribution < 1.29 is 0 Å². The first-order chi connectivity index (χ1) is 5.77. The highest BCUT2D eigenvalue weighted by atomic mass is 127. The number of halogens is 1. The number of nitrogens with one attached hydrogen (secondary N) is 1. The van der Waals surface area contributed by atoms with Gasteiger partial charge in [-0.15, -0.1) is 0 Å². The first kappa shape index (κ1) is 8.37. The van der Waals surface area contributed by atoms with Crippen LogP contribution < -0.4 is 5.32 Å². The van der Waals surface area contributed by atoms with Gasteiger partial charge < -0.3 is 5.32 Å². The Bertz CT molecular complexity index is 311. The van der Waals surface area contributed by atoms with Crippen LogP contribution in [0.5, 0.6) is 0 Å². The zero-order valence-electron chi connectivity index (χ0n) is 6.89. The standard InChI is InChI=1S/C8H10IN3/c1-5-6-4-10-3-2-7(6)12-8(9)11-5/h10H,2-4H2,1H3. The molecule has 0 bridgehead atoms. The molecule has 1 aromatic heterocycles. The summed E-state index contributed by atoms with van der Waals surface area (Å²) in [6.07, 6.45) is 1.04. The largest absolute Gasteiger partial charge is 0.312 e. The lowest BCUT2D eigenvalue weighted by Gasteiger charge is -2.17. The van der Waals surface area contributed by atoms with Crippen molar-refractivity contribution in [3.05, 3.63) is 20.8 Å². The molecule has 3 nitrogen and oxygen atoms in total. The first-order valence-corrected chi connectivity index (χ1v) is 5.08. The van der Waals surface area contributed by atoms with E-state index in [1.54, 1.807) is 0 Å². The number of aryl methyl sites for hydroxylation is 1. The minimum Gasteiger partial charge on any atom is -0.312 e. The minimum atomic E-state index is 0.866. The molecule has 0 aliphatic carbocycles. The maximum absolute atomic E-state index is 4.41. The van der Waals surface area contributed by atoms with Crippen molar-refractivity contribution in [2.24, 2.45) is 0 Å². The average Bonchev–Trinajstić information content (AvgIpc) is 2.04. The van der Waals surface area contributed by atoms with E-state index in [0.29, 0.717) is 0 Å². The molecule has 0 aromatic carbocycles. The lowest BCUT2D eigenvalue weighted by molar-refractivity contribution is 0.618. The zero-order valence-corrected chi connectivity index (χ0v) is 9.05. The Hall–Kier alpha value is -0.230. The van der Waals surface area contributed by atoms with Crippen LogP contribution in [0.25, 0.3) is 0 Å². The monoisotopic (exact) mass is 275 g/mol. The number of rotatable bonds is 0. The second kappa shape index (κ2) is 3.26. The van der Waals surface area contributed by atoms with E-state index in [1.807, 2.05) is 0 Å². The molecule has 2 heterocycles. The van der Waals surface area contributed by atoms with Gasteiger partial charge in [0.1, 0.15) is 0 Å². The van der Waals surface area contributed by atoms with Gasteiger partial charge in [-0.25, -0.2) is 9.97 Å². The molecule has 0 fully saturated rings. The van der Waals surface area contributed by atoms with Crippen LogP contribution in [0.15, 0.2) is 0 Å². The average molecular weight is 275 g/mol. The fraction of sp³-hybridized carbons (Fsp3) is 0.500. The first-order valence-electron chi connectivity index (χ1n) is 4.00. The van der Waals surface area contributed by atoms with Crippen molar-refractivity contribution in [2.45, 2.75) is 19.9 Å². The summed E-state index contributed by atoms with van der Waals surface area (Å²) >= 11 is 2.17. The molecule has 0 atom stereocenters. The fourth-order valence-corrected chi connectivity index (χ4v) is 2.13. The van der Waals surface area contributed by atoms with Crippen molar-refractivity contribution in [3.8, 4) is 0 Å². The predicted octanol–water partition coefficient (Wildman–Crippen LogP) is 1.04. The summed E-state index contributed by atoms with van der Waals surface area (Å²) in [7, 11) is 0.